The second-order valence-corrected chi connectivity index (χ2v) is 5.68. The molecule has 0 radical (unpaired) electrons. The Balaban J connectivity index is 3.84. The molecule has 7 heteroatoms. The smallest absolute Gasteiger partial charge is 0.321 e. The molecule has 0 aromatic carbocycles. The Hall–Kier alpha value is -1.63. The summed E-state index contributed by atoms with van der Waals surface area (Å²) in [6.45, 7) is 6.77. The lowest BCUT2D eigenvalue weighted by Crippen LogP contribution is -2.42. The first kappa shape index (κ1) is 19.4. The number of nitrogens with one attached hydrogen (secondary N) is 2. The normalized spacial score (nSPS) is 11.0. The van der Waals surface area contributed by atoms with Crippen molar-refractivity contribution < 1.29 is 24.2 Å². The molecule has 3 N–H and O–H groups in total. The summed E-state index contributed by atoms with van der Waals surface area (Å²) < 4.78 is 5.26. The molecular weight excluding hydrogens is 276 g/mol. The van der Waals surface area contributed by atoms with E-state index in [4.69, 9.17) is 9.84 Å². The highest BCUT2D eigenvalue weighted by Crippen LogP contribution is 2.24. The van der Waals surface area contributed by atoms with E-state index >= 15 is 0 Å². The van der Waals surface area contributed by atoms with Crippen LogP contribution in [0.4, 0.5) is 4.79 Å². The van der Waals surface area contributed by atoms with Gasteiger partial charge in [0.05, 0.1) is 13.0 Å². The number of imide groups is 1. The van der Waals surface area contributed by atoms with Crippen LogP contribution in [-0.4, -0.2) is 42.8 Å². The van der Waals surface area contributed by atoms with Gasteiger partial charge >= 0.3 is 12.0 Å². The van der Waals surface area contributed by atoms with Gasteiger partial charge in [0.15, 0.2) is 0 Å². The number of urea groups is 1. The van der Waals surface area contributed by atoms with Crippen LogP contribution in [0.2, 0.25) is 0 Å². The zero-order valence-electron chi connectivity index (χ0n) is 13.0. The van der Waals surface area contributed by atoms with Gasteiger partial charge in [-0.25, -0.2) is 4.79 Å². The number of carboxylic acid groups (broad SMARTS) is 1. The molecule has 21 heavy (non-hydrogen) atoms. The van der Waals surface area contributed by atoms with E-state index in [2.05, 4.69) is 17.6 Å². The van der Waals surface area contributed by atoms with Crippen LogP contribution >= 0.6 is 0 Å². The molecule has 0 aliphatic carbocycles. The van der Waals surface area contributed by atoms with Crippen LogP contribution in [0.25, 0.3) is 0 Å². The first-order valence-corrected chi connectivity index (χ1v) is 7.14. The minimum Gasteiger partial charge on any atom is -0.481 e. The number of hydrogen-bond donors (Lipinski definition) is 3. The molecule has 0 unspecified atom stereocenters. The zero-order valence-corrected chi connectivity index (χ0v) is 13.0. The Bertz CT molecular complexity index is 355. The Morgan fingerprint density at radius 2 is 1.81 bits per heavy atom. The highest BCUT2D eigenvalue weighted by molar-refractivity contribution is 5.94. The van der Waals surface area contributed by atoms with Crippen LogP contribution in [-0.2, 0) is 14.3 Å². The average Bonchev–Trinajstić information content (AvgIpc) is 2.30. The lowest BCUT2D eigenvalue weighted by Gasteiger charge is -2.21. The summed E-state index contributed by atoms with van der Waals surface area (Å²) in [5.41, 5.74) is -0.695. The maximum Gasteiger partial charge on any atom is 0.321 e. The van der Waals surface area contributed by atoms with Crippen LogP contribution in [0.15, 0.2) is 0 Å². The van der Waals surface area contributed by atoms with Crippen LogP contribution in [0, 0.1) is 5.41 Å². The molecule has 0 aliphatic rings. The maximum absolute atomic E-state index is 11.6. The fourth-order valence-electron chi connectivity index (χ4n) is 1.71. The number of amides is 3. The van der Waals surface area contributed by atoms with E-state index in [0.717, 1.165) is 12.8 Å². The molecule has 3 amide bonds. The molecule has 0 spiro atoms. The van der Waals surface area contributed by atoms with Gasteiger partial charge < -0.3 is 15.2 Å². The van der Waals surface area contributed by atoms with E-state index in [-0.39, 0.29) is 12.8 Å². The molecule has 0 heterocycles. The molecule has 0 aromatic rings. The van der Waals surface area contributed by atoms with Gasteiger partial charge in [0, 0.05) is 19.6 Å². The number of ether oxygens (including phenoxy) is 1. The minimum atomic E-state index is -0.971. The summed E-state index contributed by atoms with van der Waals surface area (Å²) in [5.74, 6) is -1.47. The lowest BCUT2D eigenvalue weighted by molar-refractivity contribution is -0.139. The monoisotopic (exact) mass is 302 g/mol. The number of hydrogen-bond acceptors (Lipinski definition) is 4. The molecule has 7 nitrogen and oxygen atoms in total. The summed E-state index contributed by atoms with van der Waals surface area (Å²) >= 11 is 0. The third-order valence-electron chi connectivity index (χ3n) is 2.70. The van der Waals surface area contributed by atoms with Gasteiger partial charge in [0.2, 0.25) is 5.91 Å². The van der Waals surface area contributed by atoms with E-state index in [0.29, 0.717) is 19.8 Å². The highest BCUT2D eigenvalue weighted by Gasteiger charge is 2.25. The fourth-order valence-corrected chi connectivity index (χ4v) is 1.71. The summed E-state index contributed by atoms with van der Waals surface area (Å²) in [5, 5.41) is 13.4. The molecule has 0 bridgehead atoms. The Labute approximate surface area is 125 Å². The number of carboxylic acids is 1. The minimum absolute atomic E-state index is 0.0281. The van der Waals surface area contributed by atoms with Crippen LogP contribution in [0.5, 0.6) is 0 Å². The molecular formula is C14H26N2O5. The number of carbonyl (C=O) groups is 3. The number of carbonyl (C=O) groups excluding carboxylic acids is 2. The van der Waals surface area contributed by atoms with Crippen molar-refractivity contribution in [1.29, 1.82) is 0 Å². The summed E-state index contributed by atoms with van der Waals surface area (Å²) in [4.78, 5) is 33.7. The summed E-state index contributed by atoms with van der Waals surface area (Å²) in [6.07, 6.45) is 1.87. The van der Waals surface area contributed by atoms with Crippen LogP contribution in [0.1, 0.15) is 46.5 Å². The predicted molar refractivity (Wildman–Crippen MR) is 77.9 cm³/mol. The Kier molecular flexibility index (Phi) is 9.36. The highest BCUT2D eigenvalue weighted by atomic mass is 16.5. The standard InChI is InChI=1S/C14H26N2O5/c1-4-5-7-21-8-6-15-13(20)16-11(17)9-14(2,3)10-12(18)19/h4-10H2,1-3H3,(H,18,19)(H2,15,16,17,20). The summed E-state index contributed by atoms with van der Waals surface area (Å²) in [6, 6.07) is -0.592. The second-order valence-electron chi connectivity index (χ2n) is 5.68. The molecule has 0 aliphatic heterocycles. The number of unbranched alkanes of at least 4 members (excludes halogenated alkanes) is 1. The molecule has 0 aromatic heterocycles. The maximum atomic E-state index is 11.6. The van der Waals surface area contributed by atoms with Gasteiger partial charge in [-0.2, -0.15) is 0 Å². The van der Waals surface area contributed by atoms with E-state index in [9.17, 15) is 14.4 Å². The van der Waals surface area contributed by atoms with Gasteiger partial charge in [0.25, 0.3) is 0 Å². The zero-order chi connectivity index (χ0) is 16.3. The van der Waals surface area contributed by atoms with Crippen molar-refractivity contribution in [2.75, 3.05) is 19.8 Å². The van der Waals surface area contributed by atoms with E-state index in [1.807, 2.05) is 0 Å². The molecule has 0 atom stereocenters. The van der Waals surface area contributed by atoms with Crippen molar-refractivity contribution in [3.63, 3.8) is 0 Å². The third kappa shape index (κ3) is 11.9. The molecule has 0 saturated heterocycles. The van der Waals surface area contributed by atoms with Crippen molar-refractivity contribution in [3.05, 3.63) is 0 Å². The molecule has 0 fully saturated rings. The average molecular weight is 302 g/mol. The molecule has 0 saturated carbocycles. The van der Waals surface area contributed by atoms with Gasteiger partial charge in [-0.1, -0.05) is 27.2 Å². The van der Waals surface area contributed by atoms with E-state index in [1.54, 1.807) is 13.8 Å². The quantitative estimate of drug-likeness (QED) is 0.531. The summed E-state index contributed by atoms with van der Waals surface area (Å²) in [7, 11) is 0. The first-order valence-electron chi connectivity index (χ1n) is 7.14. The third-order valence-corrected chi connectivity index (χ3v) is 2.70. The first-order chi connectivity index (χ1) is 9.76. The van der Waals surface area contributed by atoms with Gasteiger partial charge in [-0.05, 0) is 11.8 Å². The van der Waals surface area contributed by atoms with Gasteiger partial charge in [-0.15, -0.1) is 0 Å². The van der Waals surface area contributed by atoms with Gasteiger partial charge in [-0.3, -0.25) is 14.9 Å². The number of rotatable bonds is 10. The van der Waals surface area contributed by atoms with Crippen molar-refractivity contribution in [2.24, 2.45) is 5.41 Å². The van der Waals surface area contributed by atoms with E-state index in [1.165, 1.54) is 0 Å². The van der Waals surface area contributed by atoms with Crippen molar-refractivity contribution in [3.8, 4) is 0 Å². The Morgan fingerprint density at radius 1 is 1.14 bits per heavy atom. The molecule has 122 valence electrons. The van der Waals surface area contributed by atoms with Gasteiger partial charge in [0.1, 0.15) is 0 Å². The van der Waals surface area contributed by atoms with Crippen LogP contribution < -0.4 is 10.6 Å². The van der Waals surface area contributed by atoms with Crippen LogP contribution in [0.3, 0.4) is 0 Å². The fraction of sp³-hybridized carbons (Fsp3) is 0.786. The Morgan fingerprint density at radius 3 is 2.38 bits per heavy atom. The topological polar surface area (TPSA) is 105 Å². The van der Waals surface area contributed by atoms with Crippen molar-refractivity contribution >= 4 is 17.9 Å². The van der Waals surface area contributed by atoms with Crippen molar-refractivity contribution in [2.45, 2.75) is 46.5 Å². The van der Waals surface area contributed by atoms with E-state index < -0.39 is 23.3 Å². The van der Waals surface area contributed by atoms with Crippen molar-refractivity contribution in [1.82, 2.24) is 10.6 Å². The SMILES string of the molecule is CCCCOCCNC(=O)NC(=O)CC(C)(C)CC(=O)O. The largest absolute Gasteiger partial charge is 0.481 e. The lowest BCUT2D eigenvalue weighted by atomic mass is 9.85. The number of aliphatic carboxylic acids is 1. The molecule has 0 rings (SSSR count). The second kappa shape index (κ2) is 10.1. The predicted octanol–water partition coefficient (Wildman–Crippen LogP) is 1.52.